The molecule has 0 saturated carbocycles. The van der Waals surface area contributed by atoms with Crippen molar-refractivity contribution in [2.45, 2.75) is 13.3 Å². The molecule has 0 unspecified atom stereocenters. The predicted octanol–water partition coefficient (Wildman–Crippen LogP) is 1.56. The summed E-state index contributed by atoms with van der Waals surface area (Å²) in [7, 11) is 1.61. The molecule has 0 saturated heterocycles. The van der Waals surface area contributed by atoms with Crippen LogP contribution in [0.5, 0.6) is 5.75 Å². The number of amides is 1. The Bertz CT molecular complexity index is 950. The molecular formula is C19H20N4O4. The summed E-state index contributed by atoms with van der Waals surface area (Å²) in [5.74, 6) is -0.197. The Morgan fingerprint density at radius 3 is 2.74 bits per heavy atom. The zero-order chi connectivity index (χ0) is 19.2. The number of nitrogens with zero attached hydrogens (tertiary/aromatic N) is 3. The molecule has 0 bridgehead atoms. The fraction of sp³-hybridized carbons (Fsp3) is 0.263. The molecule has 27 heavy (non-hydrogen) atoms. The van der Waals surface area contributed by atoms with Crippen molar-refractivity contribution in [2.24, 2.45) is 0 Å². The number of hydrogen-bond donors (Lipinski definition) is 1. The molecule has 1 amide bonds. The first kappa shape index (κ1) is 18.4. The number of benzene rings is 1. The second kappa shape index (κ2) is 8.31. The Balaban J connectivity index is 1.48. The van der Waals surface area contributed by atoms with Gasteiger partial charge in [0.25, 0.3) is 5.91 Å². The first-order valence-corrected chi connectivity index (χ1v) is 8.45. The van der Waals surface area contributed by atoms with Gasteiger partial charge in [0, 0.05) is 18.9 Å². The molecule has 0 radical (unpaired) electrons. The lowest BCUT2D eigenvalue weighted by molar-refractivity contribution is -0.124. The third-order valence-corrected chi connectivity index (χ3v) is 4.00. The lowest BCUT2D eigenvalue weighted by Crippen LogP contribution is -2.30. The summed E-state index contributed by atoms with van der Waals surface area (Å²) >= 11 is 0. The molecule has 0 fully saturated rings. The van der Waals surface area contributed by atoms with Crippen molar-refractivity contribution in [3.05, 3.63) is 59.5 Å². The first-order chi connectivity index (χ1) is 13.1. The first-order valence-electron chi connectivity index (χ1n) is 8.45. The Kier molecular flexibility index (Phi) is 5.65. The van der Waals surface area contributed by atoms with E-state index in [0.29, 0.717) is 24.3 Å². The molecule has 8 nitrogen and oxygen atoms in total. The average molecular weight is 368 g/mol. The molecule has 0 aliphatic heterocycles. The lowest BCUT2D eigenvalue weighted by atomic mass is 10.1. The summed E-state index contributed by atoms with van der Waals surface area (Å²) in [5, 5.41) is 6.93. The topological polar surface area (TPSA) is 94.8 Å². The van der Waals surface area contributed by atoms with Crippen LogP contribution in [0.1, 0.15) is 21.6 Å². The summed E-state index contributed by atoms with van der Waals surface area (Å²) in [4.78, 5) is 28.3. The standard InChI is InChI=1S/C19H20N4O4/c1-13-17(18-21-9-3-11-23(18)22-13)19(25)27-12-16(24)20-10-8-14-4-6-15(26-2)7-5-14/h3-7,9,11H,8,10,12H2,1-2H3,(H,20,24). The molecule has 0 aliphatic rings. The highest BCUT2D eigenvalue weighted by molar-refractivity contribution is 5.98. The molecule has 140 valence electrons. The van der Waals surface area contributed by atoms with Crippen LogP contribution in [0.4, 0.5) is 0 Å². The van der Waals surface area contributed by atoms with Gasteiger partial charge in [-0.05, 0) is 37.1 Å². The highest BCUT2D eigenvalue weighted by Gasteiger charge is 2.20. The van der Waals surface area contributed by atoms with E-state index >= 15 is 0 Å². The van der Waals surface area contributed by atoms with Crippen LogP contribution in [0.25, 0.3) is 5.65 Å². The molecule has 3 aromatic rings. The van der Waals surface area contributed by atoms with Gasteiger partial charge in [-0.15, -0.1) is 0 Å². The molecule has 2 aromatic heterocycles. The van der Waals surface area contributed by atoms with E-state index in [1.54, 1.807) is 32.5 Å². The third-order valence-electron chi connectivity index (χ3n) is 4.00. The molecule has 8 heteroatoms. The Hall–Kier alpha value is -3.42. The number of carbonyl (C=O) groups is 2. The maximum atomic E-state index is 12.3. The molecule has 0 spiro atoms. The number of carbonyl (C=O) groups excluding carboxylic acids is 2. The van der Waals surface area contributed by atoms with Gasteiger partial charge in [0.2, 0.25) is 0 Å². The zero-order valence-corrected chi connectivity index (χ0v) is 15.1. The van der Waals surface area contributed by atoms with Crippen molar-refractivity contribution < 1.29 is 19.1 Å². The Labute approximate surface area is 156 Å². The van der Waals surface area contributed by atoms with Gasteiger partial charge in [-0.2, -0.15) is 5.10 Å². The van der Waals surface area contributed by atoms with E-state index in [9.17, 15) is 9.59 Å². The molecule has 1 aromatic carbocycles. The minimum absolute atomic E-state index is 0.265. The summed E-state index contributed by atoms with van der Waals surface area (Å²) in [6.07, 6.45) is 3.93. The van der Waals surface area contributed by atoms with E-state index in [1.165, 1.54) is 4.52 Å². The van der Waals surface area contributed by atoms with Crippen molar-refractivity contribution in [2.75, 3.05) is 20.3 Å². The van der Waals surface area contributed by atoms with E-state index in [4.69, 9.17) is 9.47 Å². The van der Waals surface area contributed by atoms with Gasteiger partial charge in [-0.3, -0.25) is 4.79 Å². The maximum absolute atomic E-state index is 12.3. The van der Waals surface area contributed by atoms with E-state index < -0.39 is 5.97 Å². The monoisotopic (exact) mass is 368 g/mol. The molecule has 3 rings (SSSR count). The van der Waals surface area contributed by atoms with Crippen molar-refractivity contribution in [3.63, 3.8) is 0 Å². The maximum Gasteiger partial charge on any atom is 0.344 e. The van der Waals surface area contributed by atoms with Crippen LogP contribution in [0.3, 0.4) is 0 Å². The number of ether oxygens (including phenoxy) is 2. The number of fused-ring (bicyclic) bond motifs is 1. The molecule has 0 aliphatic carbocycles. The van der Waals surface area contributed by atoms with Crippen LogP contribution in [-0.4, -0.2) is 46.7 Å². The minimum Gasteiger partial charge on any atom is -0.497 e. The quantitative estimate of drug-likeness (QED) is 0.636. The third kappa shape index (κ3) is 4.41. The fourth-order valence-electron chi connectivity index (χ4n) is 2.63. The molecular weight excluding hydrogens is 348 g/mol. The second-order valence-electron chi connectivity index (χ2n) is 5.87. The Morgan fingerprint density at radius 2 is 2.00 bits per heavy atom. The van der Waals surface area contributed by atoms with Gasteiger partial charge >= 0.3 is 5.97 Å². The van der Waals surface area contributed by atoms with E-state index in [1.807, 2.05) is 24.3 Å². The number of nitrogens with one attached hydrogen (secondary N) is 1. The highest BCUT2D eigenvalue weighted by Crippen LogP contribution is 2.14. The summed E-state index contributed by atoms with van der Waals surface area (Å²) in [5.41, 5.74) is 2.24. The fourth-order valence-corrected chi connectivity index (χ4v) is 2.63. The predicted molar refractivity (Wildman–Crippen MR) is 97.7 cm³/mol. The largest absolute Gasteiger partial charge is 0.497 e. The highest BCUT2D eigenvalue weighted by atomic mass is 16.5. The smallest absolute Gasteiger partial charge is 0.344 e. The number of hydrogen-bond acceptors (Lipinski definition) is 6. The van der Waals surface area contributed by atoms with E-state index in [2.05, 4.69) is 15.4 Å². The van der Waals surface area contributed by atoms with Gasteiger partial charge < -0.3 is 14.8 Å². The number of rotatable bonds is 7. The van der Waals surface area contributed by atoms with Crippen LogP contribution >= 0.6 is 0 Å². The van der Waals surface area contributed by atoms with Gasteiger partial charge in [0.15, 0.2) is 12.3 Å². The number of esters is 1. The number of aryl methyl sites for hydroxylation is 1. The summed E-state index contributed by atoms with van der Waals surface area (Å²) < 4.78 is 11.7. The van der Waals surface area contributed by atoms with Gasteiger partial charge in [0.05, 0.1) is 12.8 Å². The molecule has 2 heterocycles. The summed E-state index contributed by atoms with van der Waals surface area (Å²) in [6, 6.07) is 9.32. The minimum atomic E-state index is -0.619. The van der Waals surface area contributed by atoms with Crippen molar-refractivity contribution >= 4 is 17.5 Å². The van der Waals surface area contributed by atoms with Gasteiger partial charge in [0.1, 0.15) is 11.3 Å². The number of aromatic nitrogens is 3. The van der Waals surface area contributed by atoms with Crippen molar-refractivity contribution in [3.8, 4) is 5.75 Å². The summed E-state index contributed by atoms with van der Waals surface area (Å²) in [6.45, 7) is 1.78. The van der Waals surface area contributed by atoms with Crippen LogP contribution in [0, 0.1) is 6.92 Å². The number of methoxy groups -OCH3 is 1. The van der Waals surface area contributed by atoms with Crippen molar-refractivity contribution in [1.82, 2.24) is 19.9 Å². The normalized spacial score (nSPS) is 10.6. The van der Waals surface area contributed by atoms with Crippen LogP contribution in [0.2, 0.25) is 0 Å². The molecule has 1 N–H and O–H groups in total. The lowest BCUT2D eigenvalue weighted by Gasteiger charge is -2.07. The van der Waals surface area contributed by atoms with Crippen molar-refractivity contribution in [1.29, 1.82) is 0 Å². The SMILES string of the molecule is COc1ccc(CCNC(=O)COC(=O)c2c(C)nn3cccnc23)cc1. The average Bonchev–Trinajstić information content (AvgIpc) is 3.02. The Morgan fingerprint density at radius 1 is 1.22 bits per heavy atom. The van der Waals surface area contributed by atoms with E-state index in [-0.39, 0.29) is 18.1 Å². The van der Waals surface area contributed by atoms with Crippen LogP contribution < -0.4 is 10.1 Å². The van der Waals surface area contributed by atoms with Gasteiger partial charge in [-0.25, -0.2) is 14.3 Å². The van der Waals surface area contributed by atoms with Crippen LogP contribution in [-0.2, 0) is 16.0 Å². The second-order valence-corrected chi connectivity index (χ2v) is 5.87. The van der Waals surface area contributed by atoms with E-state index in [0.717, 1.165) is 11.3 Å². The van der Waals surface area contributed by atoms with Crippen LogP contribution in [0.15, 0.2) is 42.7 Å². The molecule has 0 atom stereocenters. The zero-order valence-electron chi connectivity index (χ0n) is 15.1. The van der Waals surface area contributed by atoms with Gasteiger partial charge in [-0.1, -0.05) is 12.1 Å².